The molecule has 76 valence electrons. The molecule has 0 unspecified atom stereocenters. The SMILES string of the molecule is C=C1CCCN(Cc2cnc(N)o2)C1. The summed E-state index contributed by atoms with van der Waals surface area (Å²) < 4.78 is 5.22. The van der Waals surface area contributed by atoms with Crippen molar-refractivity contribution in [3.05, 3.63) is 24.1 Å². The van der Waals surface area contributed by atoms with Crippen LogP contribution in [0, 0.1) is 0 Å². The Bertz CT molecular complexity index is 332. The fourth-order valence-corrected chi connectivity index (χ4v) is 1.78. The summed E-state index contributed by atoms with van der Waals surface area (Å²) in [6.45, 7) is 6.84. The number of likely N-dealkylation sites (tertiary alicyclic amines) is 1. The minimum Gasteiger partial charge on any atom is -0.428 e. The van der Waals surface area contributed by atoms with Crippen LogP contribution < -0.4 is 5.73 Å². The molecule has 1 aromatic rings. The third kappa shape index (κ3) is 2.14. The van der Waals surface area contributed by atoms with E-state index in [1.54, 1.807) is 6.20 Å². The maximum absolute atomic E-state index is 5.40. The van der Waals surface area contributed by atoms with E-state index in [0.717, 1.165) is 31.8 Å². The average molecular weight is 193 g/mol. The minimum absolute atomic E-state index is 0.246. The number of hydrogen-bond acceptors (Lipinski definition) is 4. The molecule has 1 aromatic heterocycles. The van der Waals surface area contributed by atoms with Gasteiger partial charge in [-0.2, -0.15) is 0 Å². The van der Waals surface area contributed by atoms with Crippen LogP contribution in [0.25, 0.3) is 0 Å². The van der Waals surface area contributed by atoms with Crippen molar-refractivity contribution in [2.75, 3.05) is 18.8 Å². The smallest absolute Gasteiger partial charge is 0.292 e. The molecule has 0 atom stereocenters. The van der Waals surface area contributed by atoms with Gasteiger partial charge in [0.15, 0.2) is 0 Å². The number of rotatable bonds is 2. The Labute approximate surface area is 83.4 Å². The summed E-state index contributed by atoms with van der Waals surface area (Å²) in [5.74, 6) is 0.831. The molecule has 2 heterocycles. The van der Waals surface area contributed by atoms with Crippen LogP contribution in [0.5, 0.6) is 0 Å². The monoisotopic (exact) mass is 193 g/mol. The van der Waals surface area contributed by atoms with Gasteiger partial charge in [0.05, 0.1) is 12.7 Å². The van der Waals surface area contributed by atoms with Gasteiger partial charge in [-0.1, -0.05) is 12.2 Å². The Hall–Kier alpha value is -1.29. The van der Waals surface area contributed by atoms with Gasteiger partial charge < -0.3 is 10.2 Å². The van der Waals surface area contributed by atoms with E-state index in [9.17, 15) is 0 Å². The molecule has 1 saturated heterocycles. The summed E-state index contributed by atoms with van der Waals surface area (Å²) in [7, 11) is 0. The lowest BCUT2D eigenvalue weighted by Crippen LogP contribution is -2.30. The summed E-state index contributed by atoms with van der Waals surface area (Å²) >= 11 is 0. The van der Waals surface area contributed by atoms with E-state index in [2.05, 4.69) is 16.5 Å². The first-order chi connectivity index (χ1) is 6.74. The molecule has 0 amide bonds. The molecule has 4 heteroatoms. The van der Waals surface area contributed by atoms with E-state index in [4.69, 9.17) is 10.2 Å². The predicted molar refractivity (Wildman–Crippen MR) is 54.6 cm³/mol. The molecular formula is C10H15N3O. The molecule has 4 nitrogen and oxygen atoms in total. The van der Waals surface area contributed by atoms with Gasteiger partial charge in [0.2, 0.25) is 0 Å². The van der Waals surface area contributed by atoms with E-state index < -0.39 is 0 Å². The van der Waals surface area contributed by atoms with Crippen LogP contribution >= 0.6 is 0 Å². The normalized spacial score (nSPS) is 18.7. The van der Waals surface area contributed by atoms with Crippen molar-refractivity contribution in [1.29, 1.82) is 0 Å². The standard InChI is InChI=1S/C10H15N3O/c1-8-3-2-4-13(6-8)7-9-5-12-10(11)14-9/h5H,1-4,6-7H2,(H2,11,12). The van der Waals surface area contributed by atoms with Crippen LogP contribution in [0.15, 0.2) is 22.8 Å². The highest BCUT2D eigenvalue weighted by atomic mass is 16.4. The quantitative estimate of drug-likeness (QED) is 0.721. The van der Waals surface area contributed by atoms with Gasteiger partial charge in [-0.05, 0) is 19.4 Å². The largest absolute Gasteiger partial charge is 0.428 e. The van der Waals surface area contributed by atoms with Crippen molar-refractivity contribution < 1.29 is 4.42 Å². The van der Waals surface area contributed by atoms with Gasteiger partial charge in [0.25, 0.3) is 6.01 Å². The Morgan fingerprint density at radius 3 is 3.14 bits per heavy atom. The maximum Gasteiger partial charge on any atom is 0.292 e. The summed E-state index contributed by atoms with van der Waals surface area (Å²) in [4.78, 5) is 6.16. The first-order valence-corrected chi connectivity index (χ1v) is 4.83. The molecule has 1 aliphatic rings. The fourth-order valence-electron chi connectivity index (χ4n) is 1.78. The van der Waals surface area contributed by atoms with Crippen molar-refractivity contribution in [1.82, 2.24) is 9.88 Å². The van der Waals surface area contributed by atoms with Gasteiger partial charge in [-0.15, -0.1) is 0 Å². The first kappa shape index (κ1) is 9.27. The first-order valence-electron chi connectivity index (χ1n) is 4.83. The molecule has 0 aromatic carbocycles. The van der Waals surface area contributed by atoms with Crippen molar-refractivity contribution in [2.45, 2.75) is 19.4 Å². The second-order valence-corrected chi connectivity index (χ2v) is 3.73. The van der Waals surface area contributed by atoms with Crippen molar-refractivity contribution in [3.63, 3.8) is 0 Å². The van der Waals surface area contributed by atoms with Crippen LogP contribution in [-0.4, -0.2) is 23.0 Å². The average Bonchev–Trinajstić information content (AvgIpc) is 2.51. The highest BCUT2D eigenvalue weighted by Crippen LogP contribution is 2.16. The van der Waals surface area contributed by atoms with Crippen LogP contribution in [0.2, 0.25) is 0 Å². The number of nitrogen functional groups attached to an aromatic ring is 1. The molecule has 2 N–H and O–H groups in total. The Morgan fingerprint density at radius 2 is 2.50 bits per heavy atom. The summed E-state index contributed by atoms with van der Waals surface area (Å²) in [6.07, 6.45) is 4.02. The summed E-state index contributed by atoms with van der Waals surface area (Å²) in [5.41, 5.74) is 6.69. The maximum atomic E-state index is 5.40. The number of hydrogen-bond donors (Lipinski definition) is 1. The predicted octanol–water partition coefficient (Wildman–Crippen LogP) is 1.41. The molecule has 0 saturated carbocycles. The molecule has 2 rings (SSSR count). The molecular weight excluding hydrogens is 178 g/mol. The fraction of sp³-hybridized carbons (Fsp3) is 0.500. The van der Waals surface area contributed by atoms with Gasteiger partial charge in [0.1, 0.15) is 5.76 Å². The molecule has 0 radical (unpaired) electrons. The molecule has 1 aliphatic heterocycles. The number of anilines is 1. The second kappa shape index (κ2) is 3.84. The second-order valence-electron chi connectivity index (χ2n) is 3.73. The van der Waals surface area contributed by atoms with Crippen LogP contribution in [0.1, 0.15) is 18.6 Å². The highest BCUT2D eigenvalue weighted by molar-refractivity contribution is 5.11. The number of oxazole rings is 1. The van der Waals surface area contributed by atoms with E-state index in [0.29, 0.717) is 0 Å². The van der Waals surface area contributed by atoms with Gasteiger partial charge in [0, 0.05) is 6.54 Å². The van der Waals surface area contributed by atoms with Crippen molar-refractivity contribution in [3.8, 4) is 0 Å². The molecule has 14 heavy (non-hydrogen) atoms. The lowest BCUT2D eigenvalue weighted by molar-refractivity contribution is 0.239. The zero-order chi connectivity index (χ0) is 9.97. The Balaban J connectivity index is 1.93. The number of nitrogens with zero attached hydrogens (tertiary/aromatic N) is 2. The number of piperidine rings is 1. The third-order valence-electron chi connectivity index (χ3n) is 2.40. The summed E-state index contributed by atoms with van der Waals surface area (Å²) in [6, 6.07) is 0.246. The van der Waals surface area contributed by atoms with E-state index in [1.807, 2.05) is 0 Å². The van der Waals surface area contributed by atoms with Crippen LogP contribution in [0.3, 0.4) is 0 Å². The number of aromatic nitrogens is 1. The van der Waals surface area contributed by atoms with Gasteiger partial charge >= 0.3 is 0 Å². The van der Waals surface area contributed by atoms with Crippen LogP contribution in [-0.2, 0) is 6.54 Å². The highest BCUT2D eigenvalue weighted by Gasteiger charge is 2.14. The summed E-state index contributed by atoms with van der Waals surface area (Å²) in [5, 5.41) is 0. The lowest BCUT2D eigenvalue weighted by Gasteiger charge is -2.26. The topological polar surface area (TPSA) is 55.3 Å². The van der Waals surface area contributed by atoms with E-state index in [1.165, 1.54) is 12.0 Å². The molecule has 0 aliphatic carbocycles. The minimum atomic E-state index is 0.246. The number of nitrogens with two attached hydrogens (primary N) is 1. The third-order valence-corrected chi connectivity index (χ3v) is 2.40. The zero-order valence-corrected chi connectivity index (χ0v) is 8.20. The van der Waals surface area contributed by atoms with Gasteiger partial charge in [-0.25, -0.2) is 4.98 Å². The molecule has 0 bridgehead atoms. The van der Waals surface area contributed by atoms with Gasteiger partial charge in [-0.3, -0.25) is 4.90 Å². The van der Waals surface area contributed by atoms with Crippen molar-refractivity contribution >= 4 is 6.01 Å². The van der Waals surface area contributed by atoms with Crippen molar-refractivity contribution in [2.24, 2.45) is 0 Å². The Morgan fingerprint density at radius 1 is 1.64 bits per heavy atom. The Kier molecular flexibility index (Phi) is 2.54. The molecule has 1 fully saturated rings. The van der Waals surface area contributed by atoms with Crippen LogP contribution in [0.4, 0.5) is 6.01 Å². The van der Waals surface area contributed by atoms with E-state index >= 15 is 0 Å². The van der Waals surface area contributed by atoms with E-state index in [-0.39, 0.29) is 6.01 Å². The lowest BCUT2D eigenvalue weighted by atomic mass is 10.1. The molecule has 0 spiro atoms. The zero-order valence-electron chi connectivity index (χ0n) is 8.20.